The molecule has 0 radical (unpaired) electrons. The van der Waals surface area contributed by atoms with Crippen molar-refractivity contribution < 1.29 is 14.1 Å². The van der Waals surface area contributed by atoms with Gasteiger partial charge < -0.3 is 19.6 Å². The summed E-state index contributed by atoms with van der Waals surface area (Å²) in [6, 6.07) is 10.1. The summed E-state index contributed by atoms with van der Waals surface area (Å²) in [5.41, 5.74) is -0.0672. The first-order valence-electron chi connectivity index (χ1n) is 9.68. The zero-order valence-electron chi connectivity index (χ0n) is 17.6. The van der Waals surface area contributed by atoms with Crippen molar-refractivity contribution in [3.63, 3.8) is 0 Å². The van der Waals surface area contributed by atoms with E-state index in [2.05, 4.69) is 30.6 Å². The van der Waals surface area contributed by atoms with Gasteiger partial charge in [-0.3, -0.25) is 19.1 Å². The van der Waals surface area contributed by atoms with E-state index in [0.29, 0.717) is 39.7 Å². The molecule has 3 N–H and O–H groups in total. The fourth-order valence-corrected chi connectivity index (χ4v) is 3.81. The molecule has 0 aliphatic carbocycles. The van der Waals surface area contributed by atoms with Crippen molar-refractivity contribution in [1.29, 1.82) is 0 Å². The molecular weight excluding hydrogens is 450 g/mol. The Balaban J connectivity index is 1.62. The first-order valence-corrected chi connectivity index (χ1v) is 10.7. The summed E-state index contributed by atoms with van der Waals surface area (Å²) < 4.78 is 12.0. The second-order valence-corrected chi connectivity index (χ2v) is 7.83. The lowest BCUT2D eigenvalue weighted by atomic mass is 10.2. The Morgan fingerprint density at radius 3 is 2.79 bits per heavy atom. The topological polar surface area (TPSA) is 161 Å². The third-order valence-electron chi connectivity index (χ3n) is 4.40. The molecule has 3 heterocycles. The number of aromatic amines is 2. The van der Waals surface area contributed by atoms with Gasteiger partial charge in [0.2, 0.25) is 5.91 Å². The molecule has 13 heteroatoms. The maximum Gasteiger partial charge on any atom is 0.325 e. The minimum absolute atomic E-state index is 0.0375. The van der Waals surface area contributed by atoms with Crippen LogP contribution < -0.4 is 21.3 Å². The lowest BCUT2D eigenvalue weighted by molar-refractivity contribution is -0.113. The largest absolute Gasteiger partial charge is 0.497 e. The summed E-state index contributed by atoms with van der Waals surface area (Å²) in [6.45, 7) is 1.73. The molecule has 12 nitrogen and oxygen atoms in total. The molecule has 0 aliphatic heterocycles. The van der Waals surface area contributed by atoms with Gasteiger partial charge in [-0.25, -0.2) is 4.79 Å². The number of anilines is 1. The number of nitrogens with one attached hydrogen (secondary N) is 3. The second-order valence-electron chi connectivity index (χ2n) is 6.89. The molecule has 33 heavy (non-hydrogen) atoms. The molecule has 4 rings (SSSR count). The number of aryl methyl sites for hydroxylation is 1. The zero-order chi connectivity index (χ0) is 23.4. The predicted molar refractivity (Wildman–Crippen MR) is 119 cm³/mol. The standard InChI is InChI=1S/C20H19N7O5S/c1-11-6-15(26-32-11)22-18(29)10-33-20-25-24-16(7-12-8-17(28)23-19(30)21-12)27(20)13-4-3-5-14(9-13)31-2/h3-6,8-9H,7,10H2,1-2H3,(H,22,26,29)(H2,21,23,28,30). The molecule has 0 aliphatic rings. The van der Waals surface area contributed by atoms with Crippen molar-refractivity contribution in [1.82, 2.24) is 29.9 Å². The highest BCUT2D eigenvalue weighted by atomic mass is 32.2. The Morgan fingerprint density at radius 2 is 2.06 bits per heavy atom. The van der Waals surface area contributed by atoms with Crippen LogP contribution in [-0.2, 0) is 11.2 Å². The highest BCUT2D eigenvalue weighted by Crippen LogP contribution is 2.25. The van der Waals surface area contributed by atoms with Crippen LogP contribution in [0.1, 0.15) is 17.3 Å². The zero-order valence-corrected chi connectivity index (χ0v) is 18.4. The Bertz CT molecular complexity index is 1380. The van der Waals surface area contributed by atoms with E-state index in [1.54, 1.807) is 42.9 Å². The molecule has 1 aromatic carbocycles. The number of rotatable bonds is 8. The van der Waals surface area contributed by atoms with E-state index in [4.69, 9.17) is 9.26 Å². The molecule has 0 saturated carbocycles. The molecule has 0 saturated heterocycles. The average Bonchev–Trinajstić information content (AvgIpc) is 3.37. The maximum atomic E-state index is 12.3. The highest BCUT2D eigenvalue weighted by Gasteiger charge is 2.18. The summed E-state index contributed by atoms with van der Waals surface area (Å²) in [6.07, 6.45) is 0.133. The lowest BCUT2D eigenvalue weighted by Gasteiger charge is -2.11. The smallest absolute Gasteiger partial charge is 0.325 e. The van der Waals surface area contributed by atoms with Crippen LogP contribution in [0.5, 0.6) is 5.75 Å². The van der Waals surface area contributed by atoms with Crippen molar-refractivity contribution >= 4 is 23.5 Å². The van der Waals surface area contributed by atoms with E-state index in [1.807, 2.05) is 6.07 Å². The van der Waals surface area contributed by atoms with E-state index < -0.39 is 11.2 Å². The van der Waals surface area contributed by atoms with Gasteiger partial charge in [0.05, 0.1) is 18.6 Å². The number of nitrogens with zero attached hydrogens (tertiary/aromatic N) is 4. The Morgan fingerprint density at radius 1 is 1.21 bits per heavy atom. The number of H-pyrrole nitrogens is 2. The van der Waals surface area contributed by atoms with E-state index in [-0.39, 0.29) is 18.1 Å². The number of amides is 1. The highest BCUT2D eigenvalue weighted by molar-refractivity contribution is 7.99. The van der Waals surface area contributed by atoms with Crippen LogP contribution in [0.15, 0.2) is 55.7 Å². The van der Waals surface area contributed by atoms with Gasteiger partial charge in [-0.15, -0.1) is 10.2 Å². The first-order chi connectivity index (χ1) is 15.9. The number of aromatic nitrogens is 6. The molecular formula is C20H19N7O5S. The summed E-state index contributed by atoms with van der Waals surface area (Å²) in [7, 11) is 1.55. The molecule has 0 fully saturated rings. The summed E-state index contributed by atoms with van der Waals surface area (Å²) in [5, 5.41) is 15.3. The van der Waals surface area contributed by atoms with Gasteiger partial charge in [-0.2, -0.15) is 0 Å². The minimum atomic E-state index is -0.612. The van der Waals surface area contributed by atoms with Crippen molar-refractivity contribution in [2.75, 3.05) is 18.2 Å². The first kappa shape index (κ1) is 22.1. The molecule has 0 spiro atoms. The van der Waals surface area contributed by atoms with Crippen molar-refractivity contribution in [3.05, 3.63) is 74.5 Å². The van der Waals surface area contributed by atoms with Gasteiger partial charge in [0.25, 0.3) is 5.56 Å². The second kappa shape index (κ2) is 9.56. The van der Waals surface area contributed by atoms with Crippen LogP contribution >= 0.6 is 11.8 Å². The predicted octanol–water partition coefficient (Wildman–Crippen LogP) is 1.27. The van der Waals surface area contributed by atoms with Crippen LogP contribution in [-0.4, -0.2) is 48.7 Å². The van der Waals surface area contributed by atoms with Crippen molar-refractivity contribution in [2.24, 2.45) is 0 Å². The van der Waals surface area contributed by atoms with E-state index >= 15 is 0 Å². The number of hydrogen-bond acceptors (Lipinski definition) is 9. The van der Waals surface area contributed by atoms with Gasteiger partial charge in [0, 0.05) is 30.3 Å². The normalized spacial score (nSPS) is 10.8. The molecule has 4 aromatic rings. The van der Waals surface area contributed by atoms with Crippen molar-refractivity contribution in [2.45, 2.75) is 18.5 Å². The minimum Gasteiger partial charge on any atom is -0.497 e. The van der Waals surface area contributed by atoms with Crippen molar-refractivity contribution in [3.8, 4) is 11.4 Å². The lowest BCUT2D eigenvalue weighted by Crippen LogP contribution is -2.23. The Kier molecular flexibility index (Phi) is 6.40. The van der Waals surface area contributed by atoms with Crippen LogP contribution in [0.4, 0.5) is 5.82 Å². The number of hydrogen-bond donors (Lipinski definition) is 3. The number of carbonyl (C=O) groups is 1. The number of methoxy groups -OCH3 is 1. The monoisotopic (exact) mass is 469 g/mol. The van der Waals surface area contributed by atoms with Gasteiger partial charge in [-0.05, 0) is 19.1 Å². The molecule has 0 atom stereocenters. The van der Waals surface area contributed by atoms with E-state index in [9.17, 15) is 14.4 Å². The van der Waals surface area contributed by atoms with Gasteiger partial charge in [-0.1, -0.05) is 23.0 Å². The molecule has 0 bridgehead atoms. The van der Waals surface area contributed by atoms with Crippen LogP contribution in [0.2, 0.25) is 0 Å². The summed E-state index contributed by atoms with van der Waals surface area (Å²) in [4.78, 5) is 40.4. The van der Waals surface area contributed by atoms with Crippen LogP contribution in [0, 0.1) is 6.92 Å². The van der Waals surface area contributed by atoms with Gasteiger partial charge >= 0.3 is 5.69 Å². The molecule has 170 valence electrons. The average molecular weight is 469 g/mol. The fourth-order valence-electron chi connectivity index (χ4n) is 3.04. The Hall–Kier alpha value is -4.13. The molecule has 0 unspecified atom stereocenters. The van der Waals surface area contributed by atoms with Gasteiger partial charge in [0.1, 0.15) is 17.3 Å². The molecule has 3 aromatic heterocycles. The Labute approximate surface area is 190 Å². The maximum absolute atomic E-state index is 12.3. The third kappa shape index (κ3) is 5.38. The SMILES string of the molecule is COc1cccc(-n2c(Cc3cc(=O)[nH]c(=O)[nH]3)nnc2SCC(=O)Nc2cc(C)on2)c1. The number of thioether (sulfide) groups is 1. The van der Waals surface area contributed by atoms with E-state index in [1.165, 1.54) is 17.8 Å². The van der Waals surface area contributed by atoms with E-state index in [0.717, 1.165) is 0 Å². The molecule has 1 amide bonds. The summed E-state index contributed by atoms with van der Waals surface area (Å²) in [5.74, 6) is 1.72. The third-order valence-corrected chi connectivity index (χ3v) is 5.33. The van der Waals surface area contributed by atoms with Crippen LogP contribution in [0.25, 0.3) is 5.69 Å². The fraction of sp³-hybridized carbons (Fsp3) is 0.200. The number of carbonyl (C=O) groups excluding carboxylic acids is 1. The van der Waals surface area contributed by atoms with Gasteiger partial charge in [0.15, 0.2) is 11.0 Å². The number of ether oxygens (including phenoxy) is 1. The number of benzene rings is 1. The summed E-state index contributed by atoms with van der Waals surface area (Å²) >= 11 is 1.17. The quantitative estimate of drug-likeness (QED) is 0.323. The van der Waals surface area contributed by atoms with Crippen LogP contribution in [0.3, 0.4) is 0 Å².